The van der Waals surface area contributed by atoms with E-state index in [-0.39, 0.29) is 30.4 Å². The standard InChI is InChI=1S/C28H32N2O5S/c1-19(2)30(28(32)20-8-7-9-21(16-20)33-3)17-27(31)29-14-12-26-22(13-15-36-26)23(29)18-35-25-11-6-5-10-24(25)34-4/h5-11,13,15-16,19,23H,12,14,17-18H2,1-4H3/t23-/m1/s1. The number of hydrogen-bond acceptors (Lipinski definition) is 6. The number of methoxy groups -OCH3 is 2. The first-order chi connectivity index (χ1) is 17.4. The molecule has 0 saturated heterocycles. The lowest BCUT2D eigenvalue weighted by Gasteiger charge is -2.37. The normalized spacial score (nSPS) is 14.8. The molecule has 4 rings (SSSR count). The summed E-state index contributed by atoms with van der Waals surface area (Å²) >= 11 is 1.70. The lowest BCUT2D eigenvalue weighted by Crippen LogP contribution is -2.49. The number of para-hydroxylation sites is 2. The van der Waals surface area contributed by atoms with E-state index in [0.29, 0.717) is 36.0 Å². The molecule has 0 N–H and O–H groups in total. The maximum atomic E-state index is 13.7. The fourth-order valence-electron chi connectivity index (χ4n) is 4.43. The van der Waals surface area contributed by atoms with Gasteiger partial charge >= 0.3 is 0 Å². The van der Waals surface area contributed by atoms with Crippen LogP contribution in [0.1, 0.15) is 40.7 Å². The number of fused-ring (bicyclic) bond motifs is 1. The number of carbonyl (C=O) groups excluding carboxylic acids is 2. The molecule has 0 radical (unpaired) electrons. The third kappa shape index (κ3) is 5.49. The molecule has 36 heavy (non-hydrogen) atoms. The molecule has 0 unspecified atom stereocenters. The molecule has 7 nitrogen and oxygen atoms in total. The minimum Gasteiger partial charge on any atom is -0.497 e. The van der Waals surface area contributed by atoms with E-state index in [1.807, 2.05) is 43.0 Å². The Morgan fingerprint density at radius 3 is 2.56 bits per heavy atom. The topological polar surface area (TPSA) is 68.3 Å². The van der Waals surface area contributed by atoms with Crippen molar-refractivity contribution < 1.29 is 23.8 Å². The minimum absolute atomic E-state index is 0.0155. The second-order valence-electron chi connectivity index (χ2n) is 8.87. The van der Waals surface area contributed by atoms with Crippen LogP contribution in [-0.2, 0) is 11.2 Å². The van der Waals surface area contributed by atoms with E-state index in [1.54, 1.807) is 54.7 Å². The summed E-state index contributed by atoms with van der Waals surface area (Å²) in [5.41, 5.74) is 1.59. The van der Waals surface area contributed by atoms with Gasteiger partial charge in [0.15, 0.2) is 11.5 Å². The molecule has 2 aromatic carbocycles. The van der Waals surface area contributed by atoms with Crippen LogP contribution in [0, 0.1) is 0 Å². The van der Waals surface area contributed by atoms with Crippen LogP contribution >= 0.6 is 11.3 Å². The van der Waals surface area contributed by atoms with Gasteiger partial charge in [-0.2, -0.15) is 0 Å². The van der Waals surface area contributed by atoms with Crippen molar-refractivity contribution in [2.24, 2.45) is 0 Å². The predicted molar refractivity (Wildman–Crippen MR) is 140 cm³/mol. The van der Waals surface area contributed by atoms with Gasteiger partial charge in [-0.1, -0.05) is 18.2 Å². The molecule has 1 aromatic heterocycles. The number of hydrogen-bond donors (Lipinski definition) is 0. The molecule has 8 heteroatoms. The molecule has 0 saturated carbocycles. The summed E-state index contributed by atoms with van der Waals surface area (Å²) in [4.78, 5) is 31.8. The minimum atomic E-state index is -0.252. The zero-order valence-corrected chi connectivity index (χ0v) is 21.9. The lowest BCUT2D eigenvalue weighted by atomic mass is 10.00. The van der Waals surface area contributed by atoms with Gasteiger partial charge in [0.2, 0.25) is 5.91 Å². The molecule has 1 aliphatic heterocycles. The third-order valence-electron chi connectivity index (χ3n) is 6.39. The summed E-state index contributed by atoms with van der Waals surface area (Å²) in [6.45, 7) is 4.69. The van der Waals surface area contributed by atoms with E-state index >= 15 is 0 Å². The van der Waals surface area contributed by atoms with E-state index in [0.717, 1.165) is 12.0 Å². The van der Waals surface area contributed by atoms with Crippen molar-refractivity contribution in [2.45, 2.75) is 32.4 Å². The van der Waals surface area contributed by atoms with Gasteiger partial charge in [0, 0.05) is 23.0 Å². The van der Waals surface area contributed by atoms with Crippen molar-refractivity contribution in [3.63, 3.8) is 0 Å². The largest absolute Gasteiger partial charge is 0.497 e. The molecule has 3 aromatic rings. The van der Waals surface area contributed by atoms with Crippen molar-refractivity contribution in [1.82, 2.24) is 9.80 Å². The first-order valence-corrected chi connectivity index (χ1v) is 12.9. The second kappa shape index (κ2) is 11.5. The highest BCUT2D eigenvalue weighted by atomic mass is 32.1. The van der Waals surface area contributed by atoms with Gasteiger partial charge in [-0.15, -0.1) is 11.3 Å². The van der Waals surface area contributed by atoms with E-state index in [1.165, 1.54) is 4.88 Å². The maximum absolute atomic E-state index is 13.7. The quantitative estimate of drug-likeness (QED) is 0.415. The van der Waals surface area contributed by atoms with Crippen LogP contribution in [0.25, 0.3) is 0 Å². The number of ether oxygens (including phenoxy) is 3. The monoisotopic (exact) mass is 508 g/mol. The van der Waals surface area contributed by atoms with E-state index in [2.05, 4.69) is 11.4 Å². The smallest absolute Gasteiger partial charge is 0.254 e. The molecule has 190 valence electrons. The Morgan fingerprint density at radius 2 is 1.83 bits per heavy atom. The Kier molecular flexibility index (Phi) is 8.15. The Labute approximate surface area is 216 Å². The van der Waals surface area contributed by atoms with Crippen LogP contribution in [0.5, 0.6) is 17.2 Å². The molecule has 1 aliphatic rings. The van der Waals surface area contributed by atoms with Gasteiger partial charge in [-0.3, -0.25) is 9.59 Å². The number of rotatable bonds is 9. The first kappa shape index (κ1) is 25.6. The van der Waals surface area contributed by atoms with Crippen LogP contribution in [0.3, 0.4) is 0 Å². The molecule has 0 aliphatic carbocycles. The Morgan fingerprint density at radius 1 is 1.06 bits per heavy atom. The summed E-state index contributed by atoms with van der Waals surface area (Å²) in [6, 6.07) is 16.2. The highest BCUT2D eigenvalue weighted by molar-refractivity contribution is 7.10. The lowest BCUT2D eigenvalue weighted by molar-refractivity contribution is -0.136. The summed E-state index contributed by atoms with van der Waals surface area (Å²) in [7, 11) is 3.17. The van der Waals surface area contributed by atoms with Crippen molar-refractivity contribution in [2.75, 3.05) is 33.9 Å². The molecule has 2 heterocycles. The molecular formula is C28H32N2O5S. The van der Waals surface area contributed by atoms with E-state index in [4.69, 9.17) is 14.2 Å². The van der Waals surface area contributed by atoms with Gasteiger partial charge in [0.05, 0.1) is 20.3 Å². The highest BCUT2D eigenvalue weighted by Crippen LogP contribution is 2.35. The van der Waals surface area contributed by atoms with Crippen LogP contribution in [0.2, 0.25) is 0 Å². The number of amides is 2. The fraction of sp³-hybridized carbons (Fsp3) is 0.357. The maximum Gasteiger partial charge on any atom is 0.254 e. The SMILES string of the molecule is COc1cccc(C(=O)N(CC(=O)N2CCc3sccc3[C@H]2COc2ccccc2OC)C(C)C)c1. The Balaban J connectivity index is 1.54. The van der Waals surface area contributed by atoms with Crippen molar-refractivity contribution in [1.29, 1.82) is 0 Å². The second-order valence-corrected chi connectivity index (χ2v) is 9.87. The van der Waals surface area contributed by atoms with Crippen LogP contribution in [0.15, 0.2) is 60.0 Å². The zero-order chi connectivity index (χ0) is 25.7. The van der Waals surface area contributed by atoms with Gasteiger partial charge in [-0.25, -0.2) is 0 Å². The molecular weight excluding hydrogens is 476 g/mol. The molecule has 1 atom stereocenters. The zero-order valence-electron chi connectivity index (χ0n) is 21.1. The van der Waals surface area contributed by atoms with Crippen molar-refractivity contribution >= 4 is 23.2 Å². The Bertz CT molecular complexity index is 1210. The van der Waals surface area contributed by atoms with Gasteiger partial charge in [0.1, 0.15) is 18.9 Å². The van der Waals surface area contributed by atoms with Crippen LogP contribution in [-0.4, -0.2) is 61.6 Å². The van der Waals surface area contributed by atoms with Gasteiger partial charge in [-0.05, 0) is 67.6 Å². The van der Waals surface area contributed by atoms with Crippen LogP contribution < -0.4 is 14.2 Å². The predicted octanol–water partition coefficient (Wildman–Crippen LogP) is 4.82. The molecule has 0 bridgehead atoms. The molecule has 2 amide bonds. The summed E-state index contributed by atoms with van der Waals surface area (Å²) in [5.74, 6) is 1.57. The molecule has 0 fully saturated rings. The summed E-state index contributed by atoms with van der Waals surface area (Å²) in [6.07, 6.45) is 0.787. The third-order valence-corrected chi connectivity index (χ3v) is 7.38. The van der Waals surface area contributed by atoms with Crippen molar-refractivity contribution in [3.8, 4) is 17.2 Å². The van der Waals surface area contributed by atoms with E-state index < -0.39 is 0 Å². The van der Waals surface area contributed by atoms with Gasteiger partial charge in [0.25, 0.3) is 5.91 Å². The Hall–Kier alpha value is -3.52. The van der Waals surface area contributed by atoms with Crippen molar-refractivity contribution in [3.05, 3.63) is 76.0 Å². The van der Waals surface area contributed by atoms with Gasteiger partial charge < -0.3 is 24.0 Å². The summed E-state index contributed by atoms with van der Waals surface area (Å²) < 4.78 is 16.9. The number of nitrogens with zero attached hydrogens (tertiary/aromatic N) is 2. The number of carbonyl (C=O) groups is 2. The average molecular weight is 509 g/mol. The highest BCUT2D eigenvalue weighted by Gasteiger charge is 2.34. The number of thiophene rings is 1. The molecule has 0 spiro atoms. The number of benzene rings is 2. The fourth-order valence-corrected chi connectivity index (χ4v) is 5.36. The van der Waals surface area contributed by atoms with E-state index in [9.17, 15) is 9.59 Å². The van der Waals surface area contributed by atoms with Crippen LogP contribution in [0.4, 0.5) is 0 Å². The average Bonchev–Trinajstić information content (AvgIpc) is 3.39. The summed E-state index contributed by atoms with van der Waals surface area (Å²) in [5, 5.41) is 2.06. The first-order valence-electron chi connectivity index (χ1n) is 12.0.